The molecule has 0 spiro atoms. The van der Waals surface area contributed by atoms with Crippen molar-refractivity contribution in [2.24, 2.45) is 11.8 Å². The second kappa shape index (κ2) is 7.51. The molecule has 3 unspecified atom stereocenters. The summed E-state index contributed by atoms with van der Waals surface area (Å²) < 4.78 is 6.34. The number of hydrogen-bond donors (Lipinski definition) is 0. The number of carbonyl (C=O) groups is 2. The number of hydrogen-bond acceptors (Lipinski definition) is 4. The van der Waals surface area contributed by atoms with E-state index in [0.29, 0.717) is 0 Å². The number of aldehydes is 1. The van der Waals surface area contributed by atoms with E-state index in [2.05, 4.69) is 33.9 Å². The average Bonchev–Trinajstić information content (AvgIpc) is 2.40. The van der Waals surface area contributed by atoms with E-state index < -0.39 is 20.3 Å². The Morgan fingerprint density at radius 1 is 1.24 bits per heavy atom. The molecule has 0 radical (unpaired) electrons. The monoisotopic (exact) mass is 317 g/mol. The lowest BCUT2D eigenvalue weighted by molar-refractivity contribution is -0.176. The molecule has 0 saturated carbocycles. The number of amides is 1. The van der Waals surface area contributed by atoms with Crippen LogP contribution in [-0.2, 0) is 18.9 Å². The summed E-state index contributed by atoms with van der Waals surface area (Å²) in [4.78, 5) is 28.5. The summed E-state index contributed by atoms with van der Waals surface area (Å²) in [5.41, 5.74) is 0. The van der Waals surface area contributed by atoms with Gasteiger partial charge in [-0.05, 0) is 18.1 Å². The Morgan fingerprint density at radius 2 is 1.71 bits per heavy atom. The van der Waals surface area contributed by atoms with E-state index in [1.165, 1.54) is 12.2 Å². The fourth-order valence-corrected chi connectivity index (χ4v) is 3.23. The summed E-state index contributed by atoms with van der Waals surface area (Å²) >= 11 is 0. The van der Waals surface area contributed by atoms with E-state index in [1.54, 1.807) is 20.9 Å². The van der Waals surface area contributed by atoms with Crippen molar-refractivity contribution in [3.63, 3.8) is 0 Å². The van der Waals surface area contributed by atoms with Crippen molar-refractivity contribution < 1.29 is 18.9 Å². The second-order valence-electron chi connectivity index (χ2n) is 7.14. The third kappa shape index (κ3) is 5.20. The van der Waals surface area contributed by atoms with Crippen LogP contribution in [0.4, 0.5) is 0 Å². The van der Waals surface area contributed by atoms with Crippen LogP contribution in [0.25, 0.3) is 0 Å². The molecule has 0 rings (SSSR count). The zero-order valence-corrected chi connectivity index (χ0v) is 15.9. The highest BCUT2D eigenvalue weighted by Crippen LogP contribution is 2.39. The highest BCUT2D eigenvalue weighted by molar-refractivity contribution is 6.74. The molecule has 124 valence electrons. The topological polar surface area (TPSA) is 55.8 Å². The Balaban J connectivity index is 5.33. The van der Waals surface area contributed by atoms with Crippen molar-refractivity contribution in [3.8, 4) is 0 Å². The third-order valence-corrected chi connectivity index (χ3v) is 8.91. The molecule has 5 nitrogen and oxygen atoms in total. The molecule has 0 aliphatic carbocycles. The fourth-order valence-electron chi connectivity index (χ4n) is 1.78. The van der Waals surface area contributed by atoms with Gasteiger partial charge in [-0.3, -0.25) is 9.63 Å². The maximum absolute atomic E-state index is 12.3. The predicted molar refractivity (Wildman–Crippen MR) is 86.2 cm³/mol. The molecular weight excluding hydrogens is 286 g/mol. The molecule has 0 heterocycles. The Hall–Kier alpha value is -0.723. The molecule has 0 aliphatic heterocycles. The van der Waals surface area contributed by atoms with Gasteiger partial charge < -0.3 is 9.22 Å². The van der Waals surface area contributed by atoms with Crippen molar-refractivity contribution in [2.75, 3.05) is 14.2 Å². The van der Waals surface area contributed by atoms with E-state index in [4.69, 9.17) is 9.26 Å². The van der Waals surface area contributed by atoms with Crippen LogP contribution in [0.5, 0.6) is 0 Å². The first-order valence-corrected chi connectivity index (χ1v) is 10.2. The van der Waals surface area contributed by atoms with Gasteiger partial charge in [0.1, 0.15) is 6.29 Å². The maximum atomic E-state index is 12.3. The molecule has 0 aromatic carbocycles. The van der Waals surface area contributed by atoms with Gasteiger partial charge in [0.25, 0.3) is 5.91 Å². The SMILES string of the molecule is CON(C)C(=O)C(C)C(O[Si](C)(C)C(C)(C)C)C(C)C=O. The standard InChI is InChI=1S/C15H31NO4Si/c1-11(10-17)13(12(2)14(18)16(6)19-7)20-21(8,9)15(3,4)5/h10-13H,1-9H3. The molecule has 0 aromatic rings. The lowest BCUT2D eigenvalue weighted by atomic mass is 9.94. The highest BCUT2D eigenvalue weighted by atomic mass is 28.4. The zero-order chi connectivity index (χ0) is 17.0. The molecule has 0 N–H and O–H groups in total. The second-order valence-corrected chi connectivity index (χ2v) is 11.9. The van der Waals surface area contributed by atoms with Crippen molar-refractivity contribution in [1.29, 1.82) is 0 Å². The van der Waals surface area contributed by atoms with Gasteiger partial charge in [0.05, 0.1) is 19.1 Å². The number of nitrogens with zero attached hydrogens (tertiary/aromatic N) is 1. The van der Waals surface area contributed by atoms with Crippen molar-refractivity contribution >= 4 is 20.5 Å². The molecule has 1 amide bonds. The molecule has 0 saturated heterocycles. The van der Waals surface area contributed by atoms with Gasteiger partial charge in [0, 0.05) is 13.0 Å². The molecule has 0 aliphatic rings. The Morgan fingerprint density at radius 3 is 2.05 bits per heavy atom. The molecule has 21 heavy (non-hydrogen) atoms. The van der Waals surface area contributed by atoms with E-state index in [9.17, 15) is 9.59 Å². The van der Waals surface area contributed by atoms with Crippen LogP contribution in [-0.4, -0.2) is 45.8 Å². The van der Waals surface area contributed by atoms with Crippen LogP contribution in [0, 0.1) is 11.8 Å². The molecule has 0 aromatic heterocycles. The quantitative estimate of drug-likeness (QED) is 0.411. The molecular formula is C15H31NO4Si. The Bertz CT molecular complexity index is 365. The first-order valence-electron chi connectivity index (χ1n) is 7.33. The molecule has 6 heteroatoms. The van der Waals surface area contributed by atoms with E-state index in [1.807, 2.05) is 0 Å². The van der Waals surface area contributed by atoms with Crippen LogP contribution in [0.3, 0.4) is 0 Å². The third-order valence-electron chi connectivity index (χ3n) is 4.44. The fraction of sp³-hybridized carbons (Fsp3) is 0.867. The minimum absolute atomic E-state index is 0.0176. The van der Waals surface area contributed by atoms with Gasteiger partial charge >= 0.3 is 0 Å². The average molecular weight is 318 g/mol. The van der Waals surface area contributed by atoms with Crippen LogP contribution >= 0.6 is 0 Å². The summed E-state index contributed by atoms with van der Waals surface area (Å²) in [7, 11) is 0.934. The van der Waals surface area contributed by atoms with Gasteiger partial charge in [-0.25, -0.2) is 5.06 Å². The van der Waals surface area contributed by atoms with Crippen molar-refractivity contribution in [1.82, 2.24) is 5.06 Å². The summed E-state index contributed by atoms with van der Waals surface area (Å²) in [6, 6.07) is 0. The van der Waals surface area contributed by atoms with Crippen LogP contribution in [0.1, 0.15) is 34.6 Å². The molecule has 0 bridgehead atoms. The largest absolute Gasteiger partial charge is 0.412 e. The maximum Gasteiger partial charge on any atom is 0.251 e. The predicted octanol–water partition coefficient (Wildman–Crippen LogP) is 2.87. The summed E-state index contributed by atoms with van der Waals surface area (Å²) in [6.45, 7) is 14.2. The summed E-state index contributed by atoms with van der Waals surface area (Å²) in [5, 5.41) is 1.20. The minimum atomic E-state index is -2.07. The smallest absolute Gasteiger partial charge is 0.251 e. The highest BCUT2D eigenvalue weighted by Gasteiger charge is 2.43. The minimum Gasteiger partial charge on any atom is -0.412 e. The van der Waals surface area contributed by atoms with Crippen LogP contribution in [0.2, 0.25) is 18.1 Å². The molecule has 3 atom stereocenters. The lowest BCUT2D eigenvalue weighted by Gasteiger charge is -2.42. The van der Waals surface area contributed by atoms with Gasteiger partial charge in [-0.2, -0.15) is 0 Å². The Kier molecular flexibility index (Phi) is 7.25. The van der Waals surface area contributed by atoms with Gasteiger partial charge in [0.2, 0.25) is 0 Å². The van der Waals surface area contributed by atoms with Crippen LogP contribution < -0.4 is 0 Å². The van der Waals surface area contributed by atoms with E-state index in [0.717, 1.165) is 6.29 Å². The van der Waals surface area contributed by atoms with Gasteiger partial charge in [-0.1, -0.05) is 34.6 Å². The Labute approximate surface area is 130 Å². The number of hydroxylamine groups is 2. The first-order chi connectivity index (χ1) is 9.39. The molecule has 0 fully saturated rings. The van der Waals surface area contributed by atoms with Gasteiger partial charge in [0.15, 0.2) is 8.32 Å². The normalized spacial score (nSPS) is 17.0. The summed E-state index contributed by atoms with van der Waals surface area (Å²) in [5.74, 6) is -0.970. The van der Waals surface area contributed by atoms with E-state index in [-0.39, 0.29) is 16.9 Å². The number of rotatable bonds is 7. The number of carbonyl (C=O) groups excluding carboxylic acids is 2. The van der Waals surface area contributed by atoms with Crippen LogP contribution in [0.15, 0.2) is 0 Å². The van der Waals surface area contributed by atoms with Crippen molar-refractivity contribution in [2.45, 2.75) is 58.9 Å². The van der Waals surface area contributed by atoms with E-state index >= 15 is 0 Å². The van der Waals surface area contributed by atoms with Gasteiger partial charge in [-0.15, -0.1) is 0 Å². The van der Waals surface area contributed by atoms with Crippen molar-refractivity contribution in [3.05, 3.63) is 0 Å². The lowest BCUT2D eigenvalue weighted by Crippen LogP contribution is -2.50. The summed E-state index contributed by atoms with van der Waals surface area (Å²) in [6.07, 6.45) is 0.419. The zero-order valence-electron chi connectivity index (χ0n) is 14.9. The first kappa shape index (κ1) is 20.3.